The van der Waals surface area contributed by atoms with E-state index in [0.29, 0.717) is 13.0 Å². The van der Waals surface area contributed by atoms with E-state index in [2.05, 4.69) is 4.72 Å². The van der Waals surface area contributed by atoms with E-state index in [4.69, 9.17) is 5.73 Å². The third-order valence-corrected chi connectivity index (χ3v) is 4.82. The van der Waals surface area contributed by atoms with E-state index in [0.717, 1.165) is 5.56 Å². The molecule has 0 amide bonds. The molecule has 108 valence electrons. The summed E-state index contributed by atoms with van der Waals surface area (Å²) in [5.74, 6) is 0. The van der Waals surface area contributed by atoms with Crippen LogP contribution in [0.2, 0.25) is 0 Å². The number of hydrogen-bond donors (Lipinski definition) is 2. The van der Waals surface area contributed by atoms with Crippen molar-refractivity contribution in [1.29, 1.82) is 0 Å². The summed E-state index contributed by atoms with van der Waals surface area (Å²) in [5, 5.41) is 0. The van der Waals surface area contributed by atoms with E-state index in [1.165, 1.54) is 4.31 Å². The van der Waals surface area contributed by atoms with E-state index >= 15 is 0 Å². The molecule has 0 spiro atoms. The van der Waals surface area contributed by atoms with Gasteiger partial charge in [-0.15, -0.1) is 0 Å². The number of nitrogens with two attached hydrogens (primary N) is 1. The lowest BCUT2D eigenvalue weighted by molar-refractivity contribution is 0.401. The molecule has 3 N–H and O–H groups in total. The van der Waals surface area contributed by atoms with Crippen molar-refractivity contribution < 1.29 is 8.42 Å². The van der Waals surface area contributed by atoms with Crippen molar-refractivity contribution in [3.63, 3.8) is 0 Å². The smallest absolute Gasteiger partial charge is 0.279 e. The number of benzene rings is 1. The van der Waals surface area contributed by atoms with Crippen molar-refractivity contribution in [2.75, 3.05) is 13.6 Å². The first-order valence-electron chi connectivity index (χ1n) is 6.37. The van der Waals surface area contributed by atoms with Gasteiger partial charge in [0.05, 0.1) is 0 Å². The van der Waals surface area contributed by atoms with E-state index in [-0.39, 0.29) is 12.1 Å². The fraction of sp³-hybridized carbons (Fsp3) is 0.538. The second-order valence-corrected chi connectivity index (χ2v) is 6.63. The van der Waals surface area contributed by atoms with Crippen molar-refractivity contribution in [1.82, 2.24) is 9.03 Å². The largest absolute Gasteiger partial charge is 0.324 e. The maximum absolute atomic E-state index is 11.9. The second-order valence-electron chi connectivity index (χ2n) is 4.82. The number of nitrogens with one attached hydrogen (secondary N) is 1. The first-order valence-corrected chi connectivity index (χ1v) is 7.81. The molecule has 19 heavy (non-hydrogen) atoms. The van der Waals surface area contributed by atoms with Gasteiger partial charge in [0.15, 0.2) is 0 Å². The topological polar surface area (TPSA) is 75.4 Å². The zero-order chi connectivity index (χ0) is 14.5. The van der Waals surface area contributed by atoms with Crippen LogP contribution in [0.5, 0.6) is 0 Å². The normalized spacial score (nSPS) is 14.0. The van der Waals surface area contributed by atoms with Crippen molar-refractivity contribution in [3.05, 3.63) is 35.9 Å². The highest BCUT2D eigenvalue weighted by Gasteiger charge is 2.19. The zero-order valence-corrected chi connectivity index (χ0v) is 12.5. The van der Waals surface area contributed by atoms with Gasteiger partial charge in [-0.1, -0.05) is 30.3 Å². The maximum atomic E-state index is 11.9. The molecule has 1 aromatic carbocycles. The van der Waals surface area contributed by atoms with Gasteiger partial charge in [-0.3, -0.25) is 0 Å². The lowest BCUT2D eigenvalue weighted by Gasteiger charge is -2.21. The Bertz CT molecular complexity index is 474. The first kappa shape index (κ1) is 16.1. The van der Waals surface area contributed by atoms with Crippen molar-refractivity contribution in [3.8, 4) is 0 Å². The molecule has 0 aliphatic carbocycles. The molecule has 0 saturated heterocycles. The molecule has 0 radical (unpaired) electrons. The Morgan fingerprint density at radius 2 is 1.84 bits per heavy atom. The zero-order valence-electron chi connectivity index (χ0n) is 11.7. The van der Waals surface area contributed by atoms with Gasteiger partial charge >= 0.3 is 0 Å². The summed E-state index contributed by atoms with van der Waals surface area (Å²) in [6.07, 6.45) is 0.565. The number of hydrogen-bond acceptors (Lipinski definition) is 3. The highest BCUT2D eigenvalue weighted by atomic mass is 32.2. The van der Waals surface area contributed by atoms with Crippen LogP contribution < -0.4 is 10.5 Å². The van der Waals surface area contributed by atoms with Crippen molar-refractivity contribution >= 4 is 10.2 Å². The minimum atomic E-state index is -3.41. The van der Waals surface area contributed by atoms with Gasteiger partial charge < -0.3 is 5.73 Å². The molecule has 0 aliphatic rings. The van der Waals surface area contributed by atoms with Crippen molar-refractivity contribution in [2.24, 2.45) is 5.73 Å². The van der Waals surface area contributed by atoms with Gasteiger partial charge in [0.25, 0.3) is 10.2 Å². The van der Waals surface area contributed by atoms with Gasteiger partial charge in [0.2, 0.25) is 0 Å². The molecule has 0 heterocycles. The molecule has 1 atom stereocenters. The lowest BCUT2D eigenvalue weighted by atomic mass is 10.1. The van der Waals surface area contributed by atoms with Crippen LogP contribution in [0.1, 0.15) is 31.9 Å². The van der Waals surface area contributed by atoms with E-state index in [1.54, 1.807) is 7.05 Å². The van der Waals surface area contributed by atoms with E-state index in [1.807, 2.05) is 44.2 Å². The molecule has 6 heteroatoms. The molecular formula is C13H23N3O2S. The summed E-state index contributed by atoms with van der Waals surface area (Å²) < 4.78 is 27.6. The molecule has 1 unspecified atom stereocenters. The summed E-state index contributed by atoms with van der Waals surface area (Å²) in [7, 11) is -1.85. The van der Waals surface area contributed by atoms with Crippen LogP contribution in [0.3, 0.4) is 0 Å². The van der Waals surface area contributed by atoms with Crippen LogP contribution in [0, 0.1) is 0 Å². The van der Waals surface area contributed by atoms with E-state index in [9.17, 15) is 8.42 Å². The highest BCUT2D eigenvalue weighted by Crippen LogP contribution is 2.12. The van der Waals surface area contributed by atoms with Gasteiger partial charge in [0.1, 0.15) is 0 Å². The molecule has 0 bridgehead atoms. The average Bonchev–Trinajstić information content (AvgIpc) is 2.38. The molecular weight excluding hydrogens is 262 g/mol. The second kappa shape index (κ2) is 7.00. The van der Waals surface area contributed by atoms with Crippen LogP contribution in [0.25, 0.3) is 0 Å². The number of rotatable bonds is 7. The van der Waals surface area contributed by atoms with Crippen LogP contribution in [0.4, 0.5) is 0 Å². The Hall–Kier alpha value is -0.950. The summed E-state index contributed by atoms with van der Waals surface area (Å²) in [6.45, 7) is 3.99. The summed E-state index contributed by atoms with van der Waals surface area (Å²) in [5.41, 5.74) is 7.02. The maximum Gasteiger partial charge on any atom is 0.279 e. The highest BCUT2D eigenvalue weighted by molar-refractivity contribution is 7.87. The molecule has 5 nitrogen and oxygen atoms in total. The molecule has 1 rings (SSSR count). The average molecular weight is 285 g/mol. The van der Waals surface area contributed by atoms with Crippen molar-refractivity contribution in [2.45, 2.75) is 32.4 Å². The van der Waals surface area contributed by atoms with Gasteiger partial charge in [-0.05, 0) is 25.8 Å². The van der Waals surface area contributed by atoms with Gasteiger partial charge in [-0.25, -0.2) is 4.72 Å². The molecule has 0 fully saturated rings. The number of nitrogens with zero attached hydrogens (tertiary/aromatic N) is 1. The Morgan fingerprint density at radius 1 is 1.26 bits per heavy atom. The van der Waals surface area contributed by atoms with Crippen LogP contribution in [0.15, 0.2) is 30.3 Å². The van der Waals surface area contributed by atoms with E-state index < -0.39 is 10.2 Å². The Labute approximate surface area is 116 Å². The SMILES string of the molecule is CC(C)N(C)S(=O)(=O)NCCC(N)c1ccccc1. The molecule has 0 aliphatic heterocycles. The Kier molecular flexibility index (Phi) is 5.93. The third kappa shape index (κ3) is 4.91. The summed E-state index contributed by atoms with van der Waals surface area (Å²) in [4.78, 5) is 0. The quantitative estimate of drug-likeness (QED) is 0.791. The predicted octanol–water partition coefficient (Wildman–Crippen LogP) is 1.25. The van der Waals surface area contributed by atoms with Gasteiger partial charge in [0, 0.05) is 25.7 Å². The fourth-order valence-corrected chi connectivity index (χ4v) is 2.72. The van der Waals surface area contributed by atoms with Crippen LogP contribution in [-0.2, 0) is 10.2 Å². The van der Waals surface area contributed by atoms with Gasteiger partial charge in [-0.2, -0.15) is 12.7 Å². The Balaban J connectivity index is 2.47. The lowest BCUT2D eigenvalue weighted by Crippen LogP contribution is -2.42. The Morgan fingerprint density at radius 3 is 2.37 bits per heavy atom. The minimum Gasteiger partial charge on any atom is -0.324 e. The first-order chi connectivity index (χ1) is 8.84. The third-order valence-electron chi connectivity index (χ3n) is 3.07. The summed E-state index contributed by atoms with van der Waals surface area (Å²) in [6, 6.07) is 9.43. The standard InChI is InChI=1S/C13H23N3O2S/c1-11(2)16(3)19(17,18)15-10-9-13(14)12-7-5-4-6-8-12/h4-8,11,13,15H,9-10,14H2,1-3H3. The minimum absolute atomic E-state index is 0.0692. The monoisotopic (exact) mass is 285 g/mol. The van der Waals surface area contributed by atoms with Crippen LogP contribution in [-0.4, -0.2) is 32.4 Å². The molecule has 0 saturated carbocycles. The van der Waals surface area contributed by atoms with Crippen LogP contribution >= 0.6 is 0 Å². The molecule has 0 aromatic heterocycles. The molecule has 1 aromatic rings. The summed E-state index contributed by atoms with van der Waals surface area (Å²) >= 11 is 0. The fourth-order valence-electron chi connectivity index (χ4n) is 1.59. The predicted molar refractivity (Wildman–Crippen MR) is 77.8 cm³/mol.